The molecule has 0 bridgehead atoms. The van der Waals surface area contributed by atoms with Gasteiger partial charge in [0.1, 0.15) is 15.8 Å². The van der Waals surface area contributed by atoms with E-state index < -0.39 is 0 Å². The normalized spacial score (nSPS) is 13.6. The monoisotopic (exact) mass is 402 g/mol. The fourth-order valence-electron chi connectivity index (χ4n) is 2.58. The average Bonchev–Trinajstić information content (AvgIpc) is 3.23. The van der Waals surface area contributed by atoms with Gasteiger partial charge in [-0.05, 0) is 33.6 Å². The Bertz CT molecular complexity index is 835. The molecule has 8 heteroatoms. The van der Waals surface area contributed by atoms with E-state index in [4.69, 9.17) is 4.98 Å². The Kier molecular flexibility index (Phi) is 6.06. The second kappa shape index (κ2) is 8.31. The van der Waals surface area contributed by atoms with E-state index in [1.807, 2.05) is 19.9 Å². The molecule has 2 unspecified atom stereocenters. The fraction of sp³-hybridized carbons (Fsp3) is 0.474. The van der Waals surface area contributed by atoms with E-state index in [2.05, 4.69) is 64.0 Å². The van der Waals surface area contributed by atoms with Gasteiger partial charge in [0.05, 0.1) is 17.8 Å². The Morgan fingerprint density at radius 2 is 1.33 bits per heavy atom. The molecule has 0 radical (unpaired) electrons. The van der Waals surface area contributed by atoms with Crippen LogP contribution in [0, 0.1) is 13.8 Å². The van der Waals surface area contributed by atoms with Crippen molar-refractivity contribution in [3.05, 3.63) is 43.9 Å². The first kappa shape index (κ1) is 19.7. The van der Waals surface area contributed by atoms with E-state index in [1.165, 1.54) is 0 Å². The average molecular weight is 403 g/mol. The van der Waals surface area contributed by atoms with E-state index in [9.17, 15) is 0 Å². The molecule has 0 saturated heterocycles. The van der Waals surface area contributed by atoms with Crippen molar-refractivity contribution in [3.8, 4) is 0 Å². The van der Waals surface area contributed by atoms with Crippen molar-refractivity contribution < 1.29 is 0 Å². The predicted octanol–water partition coefficient (Wildman–Crippen LogP) is 5.48. The van der Waals surface area contributed by atoms with Crippen LogP contribution in [0.1, 0.15) is 72.8 Å². The van der Waals surface area contributed by atoms with Crippen molar-refractivity contribution in [2.24, 2.45) is 0 Å². The molecule has 3 aromatic rings. The molecule has 0 saturated carbocycles. The molecule has 2 atom stereocenters. The minimum absolute atomic E-state index is 0.0537. The lowest BCUT2D eigenvalue weighted by Gasteiger charge is -2.17. The molecule has 0 aliphatic heterocycles. The van der Waals surface area contributed by atoms with Gasteiger partial charge in [0.2, 0.25) is 5.95 Å². The van der Waals surface area contributed by atoms with Gasteiger partial charge in [-0.1, -0.05) is 13.8 Å². The summed E-state index contributed by atoms with van der Waals surface area (Å²) >= 11 is 3.31. The Morgan fingerprint density at radius 1 is 0.778 bits per heavy atom. The highest BCUT2D eigenvalue weighted by Crippen LogP contribution is 2.26. The van der Waals surface area contributed by atoms with Gasteiger partial charge in [0.25, 0.3) is 0 Å². The molecule has 0 aromatic carbocycles. The highest BCUT2D eigenvalue weighted by Gasteiger charge is 2.16. The summed E-state index contributed by atoms with van der Waals surface area (Å²) in [6.07, 6.45) is 0. The molecule has 144 valence electrons. The molecule has 0 spiro atoms. The lowest BCUT2D eigenvalue weighted by atomic mass is 10.1. The van der Waals surface area contributed by atoms with Crippen molar-refractivity contribution in [1.29, 1.82) is 0 Å². The fourth-order valence-corrected chi connectivity index (χ4v) is 4.19. The first-order valence-electron chi connectivity index (χ1n) is 9.08. The van der Waals surface area contributed by atoms with Gasteiger partial charge in [0, 0.05) is 28.2 Å². The Hall–Kier alpha value is -2.06. The molecule has 0 fully saturated rings. The third-order valence-electron chi connectivity index (χ3n) is 4.06. The van der Waals surface area contributed by atoms with Crippen molar-refractivity contribution in [2.45, 2.75) is 59.5 Å². The molecule has 3 heterocycles. The number of aromatic nitrogens is 4. The number of rotatable bonds is 7. The minimum atomic E-state index is 0.0537. The van der Waals surface area contributed by atoms with Gasteiger partial charge >= 0.3 is 0 Å². The maximum absolute atomic E-state index is 4.69. The number of nitrogens with zero attached hydrogens (tertiary/aromatic N) is 4. The minimum Gasteiger partial charge on any atom is -0.361 e. The molecule has 0 aliphatic carbocycles. The standard InChI is InChI=1S/C19H26N6S2/c1-10(2)15-7-16(22-13(5)17-20-11(3)8-26-17)25-19(24-15)23-14(6)18-21-12(4)9-27-18/h7-10,13-14H,1-6H3,(H2,22,23,24,25). The zero-order valence-corrected chi connectivity index (χ0v) is 18.2. The second-order valence-corrected chi connectivity index (χ2v) is 8.82. The van der Waals surface area contributed by atoms with E-state index in [0.29, 0.717) is 11.9 Å². The van der Waals surface area contributed by atoms with Crippen molar-refractivity contribution in [3.63, 3.8) is 0 Å². The summed E-state index contributed by atoms with van der Waals surface area (Å²) in [5.74, 6) is 1.73. The third-order valence-corrected chi connectivity index (χ3v) is 6.35. The number of hydrogen-bond donors (Lipinski definition) is 2. The van der Waals surface area contributed by atoms with Crippen molar-refractivity contribution >= 4 is 34.4 Å². The molecule has 6 nitrogen and oxygen atoms in total. The second-order valence-electron chi connectivity index (χ2n) is 7.04. The van der Waals surface area contributed by atoms with Crippen LogP contribution in [0.2, 0.25) is 0 Å². The van der Waals surface area contributed by atoms with Gasteiger partial charge in [-0.2, -0.15) is 4.98 Å². The Balaban J connectivity index is 1.81. The van der Waals surface area contributed by atoms with Crippen LogP contribution >= 0.6 is 22.7 Å². The van der Waals surface area contributed by atoms with Crippen LogP contribution in [0.25, 0.3) is 0 Å². The Morgan fingerprint density at radius 3 is 1.81 bits per heavy atom. The van der Waals surface area contributed by atoms with Crippen LogP contribution in [-0.2, 0) is 0 Å². The van der Waals surface area contributed by atoms with E-state index in [-0.39, 0.29) is 12.1 Å². The maximum Gasteiger partial charge on any atom is 0.225 e. The lowest BCUT2D eigenvalue weighted by Crippen LogP contribution is -2.14. The maximum atomic E-state index is 4.69. The summed E-state index contributed by atoms with van der Waals surface area (Å²) in [5.41, 5.74) is 3.08. The van der Waals surface area contributed by atoms with Gasteiger partial charge in [-0.15, -0.1) is 22.7 Å². The van der Waals surface area contributed by atoms with Gasteiger partial charge in [-0.25, -0.2) is 15.0 Å². The van der Waals surface area contributed by atoms with Crippen LogP contribution in [0.4, 0.5) is 11.8 Å². The van der Waals surface area contributed by atoms with Crippen LogP contribution in [0.3, 0.4) is 0 Å². The van der Waals surface area contributed by atoms with Gasteiger partial charge < -0.3 is 10.6 Å². The molecule has 3 rings (SSSR count). The summed E-state index contributed by atoms with van der Waals surface area (Å²) in [5, 5.41) is 13.1. The van der Waals surface area contributed by atoms with Crippen LogP contribution in [0.15, 0.2) is 16.8 Å². The number of hydrogen-bond acceptors (Lipinski definition) is 8. The highest BCUT2D eigenvalue weighted by atomic mass is 32.1. The molecule has 0 aliphatic rings. The zero-order valence-electron chi connectivity index (χ0n) is 16.6. The zero-order chi connectivity index (χ0) is 19.6. The molecule has 3 aromatic heterocycles. The smallest absolute Gasteiger partial charge is 0.225 e. The number of nitrogens with one attached hydrogen (secondary N) is 2. The van der Waals surface area contributed by atoms with Gasteiger partial charge in [-0.3, -0.25) is 0 Å². The summed E-state index contributed by atoms with van der Waals surface area (Å²) in [6, 6.07) is 2.16. The first-order chi connectivity index (χ1) is 12.8. The summed E-state index contributed by atoms with van der Waals surface area (Å²) < 4.78 is 0. The molecule has 27 heavy (non-hydrogen) atoms. The van der Waals surface area contributed by atoms with Crippen LogP contribution in [-0.4, -0.2) is 19.9 Å². The van der Waals surface area contributed by atoms with Crippen molar-refractivity contribution in [2.75, 3.05) is 10.6 Å². The number of aryl methyl sites for hydroxylation is 2. The number of thiazole rings is 2. The number of anilines is 2. The summed E-state index contributed by atoms with van der Waals surface area (Å²) in [6.45, 7) is 12.5. The molecular weight excluding hydrogens is 376 g/mol. The third kappa shape index (κ3) is 5.01. The van der Waals surface area contributed by atoms with Crippen LogP contribution in [0.5, 0.6) is 0 Å². The summed E-state index contributed by atoms with van der Waals surface area (Å²) in [4.78, 5) is 18.5. The molecule has 0 amide bonds. The topological polar surface area (TPSA) is 75.6 Å². The van der Waals surface area contributed by atoms with Gasteiger partial charge in [0.15, 0.2) is 0 Å². The predicted molar refractivity (Wildman–Crippen MR) is 114 cm³/mol. The lowest BCUT2D eigenvalue weighted by molar-refractivity contribution is 0.789. The van der Waals surface area contributed by atoms with E-state index >= 15 is 0 Å². The molecular formula is C19H26N6S2. The van der Waals surface area contributed by atoms with E-state index in [1.54, 1.807) is 22.7 Å². The summed E-state index contributed by atoms with van der Waals surface area (Å²) in [7, 11) is 0. The Labute approximate surface area is 168 Å². The largest absolute Gasteiger partial charge is 0.361 e. The van der Waals surface area contributed by atoms with Crippen LogP contribution < -0.4 is 10.6 Å². The molecule has 2 N–H and O–H groups in total. The quantitative estimate of drug-likeness (QED) is 0.545. The SMILES string of the molecule is Cc1csc(C(C)Nc2cc(C(C)C)nc(NC(C)c3nc(C)cs3)n2)n1. The van der Waals surface area contributed by atoms with Crippen molar-refractivity contribution in [1.82, 2.24) is 19.9 Å². The first-order valence-corrected chi connectivity index (χ1v) is 10.8. The highest BCUT2D eigenvalue weighted by molar-refractivity contribution is 7.10. The van der Waals surface area contributed by atoms with E-state index in [0.717, 1.165) is 32.9 Å².